The Balaban J connectivity index is 2.60. The van der Waals surface area contributed by atoms with E-state index in [0.29, 0.717) is 13.2 Å². The van der Waals surface area contributed by atoms with E-state index in [2.05, 4.69) is 12.1 Å². The number of hydrogen-bond donors (Lipinski definition) is 0. The number of aromatic nitrogens is 1. The first-order valence-corrected chi connectivity index (χ1v) is 7.29. The van der Waals surface area contributed by atoms with Gasteiger partial charge < -0.3 is 9.30 Å². The average Bonchev–Trinajstić information content (AvgIpc) is 2.51. The third kappa shape index (κ3) is 3.26. The number of hydrogen-bond acceptors (Lipinski definition) is 3. The molecule has 0 aliphatic rings. The molecule has 1 aromatic carbocycles. The summed E-state index contributed by atoms with van der Waals surface area (Å²) < 4.78 is 6.75. The van der Waals surface area contributed by atoms with Gasteiger partial charge >= 0.3 is 0 Å². The van der Waals surface area contributed by atoms with Crippen molar-refractivity contribution in [3.05, 3.63) is 57.4 Å². The van der Waals surface area contributed by atoms with E-state index in [4.69, 9.17) is 10.00 Å². The maximum atomic E-state index is 12.5. The second-order valence-electron chi connectivity index (χ2n) is 5.37. The van der Waals surface area contributed by atoms with E-state index in [1.54, 1.807) is 17.7 Å². The Morgan fingerprint density at radius 1 is 1.23 bits per heavy atom. The van der Waals surface area contributed by atoms with Crippen LogP contribution in [0.5, 0.6) is 0 Å². The van der Waals surface area contributed by atoms with Gasteiger partial charge in [0.25, 0.3) is 5.56 Å². The summed E-state index contributed by atoms with van der Waals surface area (Å²) in [5, 5.41) is 9.09. The predicted molar refractivity (Wildman–Crippen MR) is 86.8 cm³/mol. The number of nitriles is 1. The van der Waals surface area contributed by atoms with Crippen LogP contribution in [0.1, 0.15) is 23.1 Å². The van der Waals surface area contributed by atoms with Crippen molar-refractivity contribution in [2.24, 2.45) is 0 Å². The fraction of sp³-hybridized carbons (Fsp3) is 0.333. The summed E-state index contributed by atoms with van der Waals surface area (Å²) in [7, 11) is 1.64. The molecule has 1 heterocycles. The molecule has 0 saturated heterocycles. The van der Waals surface area contributed by atoms with Crippen LogP contribution in [0.4, 0.5) is 0 Å². The number of pyridine rings is 1. The first kappa shape index (κ1) is 16.0. The van der Waals surface area contributed by atoms with Gasteiger partial charge in [-0.15, -0.1) is 0 Å². The topological polar surface area (TPSA) is 55.0 Å². The number of rotatable bonds is 5. The van der Waals surface area contributed by atoms with Gasteiger partial charge in [0.2, 0.25) is 0 Å². The highest BCUT2D eigenvalue weighted by molar-refractivity contribution is 5.65. The smallest absolute Gasteiger partial charge is 0.268 e. The van der Waals surface area contributed by atoms with Crippen molar-refractivity contribution in [1.29, 1.82) is 5.26 Å². The van der Waals surface area contributed by atoms with Gasteiger partial charge in [0.05, 0.1) is 5.69 Å². The molecule has 0 radical (unpaired) electrons. The Kier molecular flexibility index (Phi) is 5.13. The standard InChI is InChI=1S/C18H20N2O2/c1-13-5-6-14(2)16(11-13)17-8-7-15(12-19)18(21)20(17)9-4-10-22-3/h5-8,11H,4,9-10H2,1-3H3. The monoisotopic (exact) mass is 296 g/mol. The number of benzene rings is 1. The molecule has 0 unspecified atom stereocenters. The van der Waals surface area contributed by atoms with Gasteiger partial charge in [-0.1, -0.05) is 17.7 Å². The number of nitrogens with zero attached hydrogens (tertiary/aromatic N) is 2. The summed E-state index contributed by atoms with van der Waals surface area (Å²) in [4.78, 5) is 12.5. The van der Waals surface area contributed by atoms with Crippen molar-refractivity contribution in [3.8, 4) is 17.3 Å². The van der Waals surface area contributed by atoms with Crippen LogP contribution < -0.4 is 5.56 Å². The minimum absolute atomic E-state index is 0.173. The molecule has 0 aliphatic heterocycles. The van der Waals surface area contributed by atoms with Crippen molar-refractivity contribution in [1.82, 2.24) is 4.57 Å². The molecule has 0 spiro atoms. The summed E-state index contributed by atoms with van der Waals surface area (Å²) >= 11 is 0. The molecule has 0 N–H and O–H groups in total. The fourth-order valence-electron chi connectivity index (χ4n) is 2.50. The van der Waals surface area contributed by atoms with Gasteiger partial charge in [-0.3, -0.25) is 4.79 Å². The van der Waals surface area contributed by atoms with Crippen LogP contribution in [0.25, 0.3) is 11.3 Å². The predicted octanol–water partition coefficient (Wildman–Crippen LogP) is 3.04. The minimum atomic E-state index is -0.239. The second kappa shape index (κ2) is 7.06. The molecular formula is C18H20N2O2. The summed E-state index contributed by atoms with van der Waals surface area (Å²) in [6.45, 7) is 5.16. The van der Waals surface area contributed by atoms with E-state index in [1.807, 2.05) is 32.0 Å². The van der Waals surface area contributed by atoms with Crippen LogP contribution >= 0.6 is 0 Å². The third-order valence-electron chi connectivity index (χ3n) is 3.69. The molecule has 2 aromatic rings. The molecule has 0 aliphatic carbocycles. The lowest BCUT2D eigenvalue weighted by molar-refractivity contribution is 0.190. The summed E-state index contributed by atoms with van der Waals surface area (Å²) in [6.07, 6.45) is 0.725. The van der Waals surface area contributed by atoms with Crippen molar-refractivity contribution >= 4 is 0 Å². The van der Waals surface area contributed by atoms with Gasteiger partial charge in [-0.2, -0.15) is 5.26 Å². The van der Waals surface area contributed by atoms with Crippen molar-refractivity contribution in [3.63, 3.8) is 0 Å². The molecule has 0 amide bonds. The number of methoxy groups -OCH3 is 1. The lowest BCUT2D eigenvalue weighted by Crippen LogP contribution is -2.24. The molecular weight excluding hydrogens is 276 g/mol. The number of aryl methyl sites for hydroxylation is 2. The molecule has 2 rings (SSSR count). The lowest BCUT2D eigenvalue weighted by atomic mass is 10.0. The van der Waals surface area contributed by atoms with E-state index in [-0.39, 0.29) is 11.1 Å². The molecule has 4 nitrogen and oxygen atoms in total. The van der Waals surface area contributed by atoms with E-state index in [1.165, 1.54) is 0 Å². The van der Waals surface area contributed by atoms with Crippen LogP contribution in [0.15, 0.2) is 35.1 Å². The Morgan fingerprint density at radius 3 is 2.68 bits per heavy atom. The van der Waals surface area contributed by atoms with Gasteiger partial charge in [-0.05, 0) is 44.0 Å². The Bertz CT molecular complexity index is 770. The molecule has 1 aromatic heterocycles. The van der Waals surface area contributed by atoms with Crippen LogP contribution in [0.3, 0.4) is 0 Å². The van der Waals surface area contributed by atoms with Crippen LogP contribution in [0.2, 0.25) is 0 Å². The molecule has 0 saturated carbocycles. The van der Waals surface area contributed by atoms with Crippen molar-refractivity contribution < 1.29 is 4.74 Å². The first-order chi connectivity index (χ1) is 10.6. The zero-order valence-electron chi connectivity index (χ0n) is 13.2. The molecule has 114 valence electrons. The highest BCUT2D eigenvalue weighted by atomic mass is 16.5. The molecule has 0 bridgehead atoms. The zero-order valence-corrected chi connectivity index (χ0v) is 13.2. The normalized spacial score (nSPS) is 10.5. The van der Waals surface area contributed by atoms with Gasteiger partial charge in [0, 0.05) is 25.8 Å². The van der Waals surface area contributed by atoms with E-state index >= 15 is 0 Å². The molecule has 4 heteroatoms. The highest BCUT2D eigenvalue weighted by Crippen LogP contribution is 2.24. The summed E-state index contributed by atoms with van der Waals surface area (Å²) in [5.41, 5.74) is 4.06. The van der Waals surface area contributed by atoms with Crippen molar-refractivity contribution in [2.75, 3.05) is 13.7 Å². The SMILES string of the molecule is COCCCn1c(-c2cc(C)ccc2C)ccc(C#N)c1=O. The van der Waals surface area contributed by atoms with E-state index in [0.717, 1.165) is 28.8 Å². The summed E-state index contributed by atoms with van der Waals surface area (Å²) in [5.74, 6) is 0. The average molecular weight is 296 g/mol. The van der Waals surface area contributed by atoms with Crippen LogP contribution in [0, 0.1) is 25.2 Å². The minimum Gasteiger partial charge on any atom is -0.385 e. The van der Waals surface area contributed by atoms with Gasteiger partial charge in [0.15, 0.2) is 0 Å². The maximum absolute atomic E-state index is 12.5. The lowest BCUT2D eigenvalue weighted by Gasteiger charge is -2.15. The highest BCUT2D eigenvalue weighted by Gasteiger charge is 2.12. The molecule has 0 atom stereocenters. The van der Waals surface area contributed by atoms with Crippen molar-refractivity contribution in [2.45, 2.75) is 26.8 Å². The molecule has 0 fully saturated rings. The maximum Gasteiger partial charge on any atom is 0.268 e. The Hall–Kier alpha value is -2.38. The molecule has 22 heavy (non-hydrogen) atoms. The second-order valence-corrected chi connectivity index (χ2v) is 5.37. The first-order valence-electron chi connectivity index (χ1n) is 7.29. The van der Waals surface area contributed by atoms with E-state index < -0.39 is 0 Å². The largest absolute Gasteiger partial charge is 0.385 e. The number of ether oxygens (including phenoxy) is 1. The quantitative estimate of drug-likeness (QED) is 0.797. The fourth-order valence-corrected chi connectivity index (χ4v) is 2.50. The summed E-state index contributed by atoms with van der Waals surface area (Å²) in [6, 6.07) is 11.6. The van der Waals surface area contributed by atoms with Crippen LogP contribution in [-0.2, 0) is 11.3 Å². The third-order valence-corrected chi connectivity index (χ3v) is 3.69. The van der Waals surface area contributed by atoms with Gasteiger partial charge in [-0.25, -0.2) is 0 Å². The Morgan fingerprint density at radius 2 is 2.00 bits per heavy atom. The van der Waals surface area contributed by atoms with E-state index in [9.17, 15) is 4.79 Å². The Labute approximate surface area is 130 Å². The van der Waals surface area contributed by atoms with Gasteiger partial charge in [0.1, 0.15) is 11.6 Å². The zero-order chi connectivity index (χ0) is 16.1. The van der Waals surface area contributed by atoms with Crippen LogP contribution in [-0.4, -0.2) is 18.3 Å².